The average Bonchev–Trinajstić information content (AvgIpc) is 3.21. The molecular weight excluding hydrogens is 482 g/mol. The zero-order valence-corrected chi connectivity index (χ0v) is 21.8. The quantitative estimate of drug-likeness (QED) is 0.394. The van der Waals surface area contributed by atoms with Crippen molar-refractivity contribution >= 4 is 11.9 Å². The van der Waals surface area contributed by atoms with E-state index in [0.29, 0.717) is 39.1 Å². The van der Waals surface area contributed by atoms with E-state index < -0.39 is 6.04 Å². The Hall–Kier alpha value is -4.04. The molecule has 3 amide bonds. The standard InChI is InChI=1S/C30H33N3O5/c1-36-26-13-8-22(9-14-26)18-31(19-23-10-15-27(37-2)16-11-23)29(34)28-17-12-25-20-32(28)30(35)33(25)38-21-24-6-4-3-5-7-24/h3-11,13-16,25,28H,12,17-21H2,1-2H3/t25-,28+/m1/s1. The van der Waals surface area contributed by atoms with Gasteiger partial charge in [0.2, 0.25) is 5.91 Å². The Morgan fingerprint density at radius 1 is 0.816 bits per heavy atom. The predicted molar refractivity (Wildman–Crippen MR) is 142 cm³/mol. The van der Waals surface area contributed by atoms with Crippen LogP contribution in [-0.2, 0) is 29.3 Å². The van der Waals surface area contributed by atoms with Gasteiger partial charge in [-0.1, -0.05) is 54.6 Å². The van der Waals surface area contributed by atoms with Crippen molar-refractivity contribution in [1.29, 1.82) is 0 Å². The number of ether oxygens (including phenoxy) is 2. The van der Waals surface area contributed by atoms with Gasteiger partial charge in [0.05, 0.1) is 20.3 Å². The number of urea groups is 1. The van der Waals surface area contributed by atoms with Crippen LogP contribution >= 0.6 is 0 Å². The van der Waals surface area contributed by atoms with Crippen LogP contribution in [0.4, 0.5) is 4.79 Å². The highest BCUT2D eigenvalue weighted by Crippen LogP contribution is 2.32. The Balaban J connectivity index is 1.32. The van der Waals surface area contributed by atoms with Crippen LogP contribution in [0.15, 0.2) is 78.9 Å². The van der Waals surface area contributed by atoms with Crippen LogP contribution in [0.5, 0.6) is 11.5 Å². The van der Waals surface area contributed by atoms with Crippen molar-refractivity contribution in [2.75, 3.05) is 20.8 Å². The molecule has 2 saturated heterocycles. The van der Waals surface area contributed by atoms with Crippen LogP contribution in [0, 0.1) is 0 Å². The van der Waals surface area contributed by atoms with Gasteiger partial charge in [-0.05, 0) is 53.8 Å². The second-order valence-corrected chi connectivity index (χ2v) is 9.66. The SMILES string of the molecule is COc1ccc(CN(Cc2ccc(OC)cc2)C(=O)[C@@H]2CC[C@@H]3CN2C(=O)N3OCc2ccccc2)cc1. The van der Waals surface area contributed by atoms with Crippen molar-refractivity contribution < 1.29 is 23.9 Å². The largest absolute Gasteiger partial charge is 0.497 e. The van der Waals surface area contributed by atoms with Crippen molar-refractivity contribution in [2.24, 2.45) is 0 Å². The van der Waals surface area contributed by atoms with Gasteiger partial charge in [0.15, 0.2) is 0 Å². The zero-order valence-electron chi connectivity index (χ0n) is 21.8. The van der Waals surface area contributed by atoms with Gasteiger partial charge in [-0.15, -0.1) is 0 Å². The Morgan fingerprint density at radius 3 is 1.95 bits per heavy atom. The molecule has 8 nitrogen and oxygen atoms in total. The predicted octanol–water partition coefficient (Wildman–Crippen LogP) is 4.63. The third-order valence-electron chi connectivity index (χ3n) is 7.20. The fourth-order valence-corrected chi connectivity index (χ4v) is 5.10. The van der Waals surface area contributed by atoms with Gasteiger partial charge < -0.3 is 19.3 Å². The third-order valence-corrected chi connectivity index (χ3v) is 7.20. The fourth-order valence-electron chi connectivity index (χ4n) is 5.10. The molecule has 0 spiro atoms. The highest BCUT2D eigenvalue weighted by Gasteiger charge is 2.48. The minimum absolute atomic E-state index is 0.0492. The second kappa shape index (κ2) is 11.6. The normalized spacial score (nSPS) is 18.4. The number of fused-ring (bicyclic) bond motifs is 2. The number of piperidine rings is 1. The van der Waals surface area contributed by atoms with Crippen molar-refractivity contribution in [2.45, 2.75) is 44.6 Å². The number of rotatable bonds is 10. The molecule has 0 N–H and O–H groups in total. The van der Waals surface area contributed by atoms with Gasteiger partial charge in [0.1, 0.15) is 24.1 Å². The van der Waals surface area contributed by atoms with Crippen LogP contribution in [-0.4, -0.2) is 59.6 Å². The minimum atomic E-state index is -0.527. The molecule has 2 fully saturated rings. The van der Waals surface area contributed by atoms with Gasteiger partial charge in [0, 0.05) is 19.6 Å². The van der Waals surface area contributed by atoms with E-state index in [2.05, 4.69) is 0 Å². The van der Waals surface area contributed by atoms with Crippen LogP contribution in [0.2, 0.25) is 0 Å². The lowest BCUT2D eigenvalue weighted by Gasteiger charge is -2.34. The highest BCUT2D eigenvalue weighted by atomic mass is 16.7. The number of hydrogen-bond acceptors (Lipinski definition) is 5. The number of carbonyl (C=O) groups excluding carboxylic acids is 2. The number of methoxy groups -OCH3 is 2. The summed E-state index contributed by atoms with van der Waals surface area (Å²) in [5.41, 5.74) is 2.97. The molecule has 2 aliphatic heterocycles. The van der Waals surface area contributed by atoms with Gasteiger partial charge in [0.25, 0.3) is 0 Å². The van der Waals surface area contributed by atoms with Crippen molar-refractivity contribution in [3.8, 4) is 11.5 Å². The van der Waals surface area contributed by atoms with E-state index in [1.54, 1.807) is 19.1 Å². The molecular formula is C30H33N3O5. The zero-order chi connectivity index (χ0) is 26.5. The summed E-state index contributed by atoms with van der Waals surface area (Å²) in [6.45, 7) is 1.65. The molecule has 3 aromatic rings. The molecule has 0 radical (unpaired) electrons. The molecule has 3 aromatic carbocycles. The van der Waals surface area contributed by atoms with Crippen molar-refractivity contribution in [3.63, 3.8) is 0 Å². The van der Waals surface area contributed by atoms with Gasteiger partial charge >= 0.3 is 6.03 Å². The number of hydroxylamine groups is 2. The molecule has 0 unspecified atom stereocenters. The summed E-state index contributed by atoms with van der Waals surface area (Å²) in [5.74, 6) is 1.46. The van der Waals surface area contributed by atoms with Crippen molar-refractivity contribution in [1.82, 2.24) is 14.9 Å². The molecule has 8 heteroatoms. The number of benzene rings is 3. The minimum Gasteiger partial charge on any atom is -0.497 e. The molecule has 2 heterocycles. The van der Waals surface area contributed by atoms with E-state index in [-0.39, 0.29) is 18.0 Å². The fraction of sp³-hybridized carbons (Fsp3) is 0.333. The smallest absolute Gasteiger partial charge is 0.345 e. The first-order valence-corrected chi connectivity index (χ1v) is 12.9. The third kappa shape index (κ3) is 5.60. The van der Waals surface area contributed by atoms with Crippen LogP contribution in [0.3, 0.4) is 0 Å². The second-order valence-electron chi connectivity index (χ2n) is 9.66. The maximum atomic E-state index is 14.0. The maximum absolute atomic E-state index is 14.0. The van der Waals surface area contributed by atoms with Gasteiger partial charge in [-0.2, -0.15) is 5.06 Å². The first-order valence-electron chi connectivity index (χ1n) is 12.9. The summed E-state index contributed by atoms with van der Waals surface area (Å²) < 4.78 is 10.6. The molecule has 2 bridgehead atoms. The van der Waals surface area contributed by atoms with E-state index in [0.717, 1.165) is 28.2 Å². The summed E-state index contributed by atoms with van der Waals surface area (Å²) >= 11 is 0. The summed E-state index contributed by atoms with van der Waals surface area (Å²) in [5, 5.41) is 1.47. The number of carbonyl (C=O) groups is 2. The lowest BCUT2D eigenvalue weighted by atomic mass is 9.99. The topological polar surface area (TPSA) is 71.6 Å². The molecule has 0 aromatic heterocycles. The highest BCUT2D eigenvalue weighted by molar-refractivity contribution is 5.88. The summed E-state index contributed by atoms with van der Waals surface area (Å²) in [6, 6.07) is 24.4. The molecule has 2 atom stereocenters. The number of hydrogen-bond donors (Lipinski definition) is 0. The number of nitrogens with zero attached hydrogens (tertiary/aromatic N) is 3. The maximum Gasteiger partial charge on any atom is 0.345 e. The lowest BCUT2D eigenvalue weighted by molar-refractivity contribution is -0.141. The summed E-state index contributed by atoms with van der Waals surface area (Å²) in [4.78, 5) is 36.8. The Labute approximate surface area is 223 Å². The van der Waals surface area contributed by atoms with Gasteiger partial charge in [-0.3, -0.25) is 9.63 Å². The van der Waals surface area contributed by atoms with E-state index in [4.69, 9.17) is 14.3 Å². The van der Waals surface area contributed by atoms with E-state index in [1.807, 2.05) is 83.8 Å². The van der Waals surface area contributed by atoms with E-state index in [1.165, 1.54) is 5.06 Å². The van der Waals surface area contributed by atoms with Crippen LogP contribution < -0.4 is 9.47 Å². The molecule has 38 heavy (non-hydrogen) atoms. The molecule has 2 aliphatic rings. The summed E-state index contributed by atoms with van der Waals surface area (Å²) in [6.07, 6.45) is 1.31. The summed E-state index contributed by atoms with van der Waals surface area (Å²) in [7, 11) is 3.26. The van der Waals surface area contributed by atoms with E-state index in [9.17, 15) is 9.59 Å². The Kier molecular flexibility index (Phi) is 7.79. The number of amides is 3. The molecule has 0 saturated carbocycles. The Bertz CT molecular complexity index is 1180. The first-order chi connectivity index (χ1) is 18.6. The van der Waals surface area contributed by atoms with Crippen molar-refractivity contribution in [3.05, 3.63) is 95.6 Å². The Morgan fingerprint density at radius 2 is 1.39 bits per heavy atom. The lowest BCUT2D eigenvalue weighted by Crippen LogP contribution is -2.50. The molecule has 0 aliphatic carbocycles. The first kappa shape index (κ1) is 25.6. The van der Waals surface area contributed by atoms with Crippen LogP contribution in [0.25, 0.3) is 0 Å². The average molecular weight is 516 g/mol. The monoisotopic (exact) mass is 515 g/mol. The van der Waals surface area contributed by atoms with E-state index >= 15 is 0 Å². The molecule has 5 rings (SSSR count). The molecule has 198 valence electrons. The van der Waals surface area contributed by atoms with Gasteiger partial charge in [-0.25, -0.2) is 4.79 Å². The van der Waals surface area contributed by atoms with Crippen LogP contribution in [0.1, 0.15) is 29.5 Å².